The summed E-state index contributed by atoms with van der Waals surface area (Å²) in [6, 6.07) is 9.34. The molecular weight excluding hydrogens is 238 g/mol. The zero-order chi connectivity index (χ0) is 13.2. The number of hydrogen-bond donors (Lipinski definition) is 1. The number of para-hydroxylation sites is 2. The third-order valence-corrected chi connectivity index (χ3v) is 3.82. The van der Waals surface area contributed by atoms with Crippen LogP contribution in [0.4, 0.5) is 5.69 Å². The minimum absolute atomic E-state index is 0.490. The highest BCUT2D eigenvalue weighted by atomic mass is 15.3. The Morgan fingerprint density at radius 1 is 1.32 bits per heavy atom. The molecule has 5 heteroatoms. The molecule has 100 valence electrons. The van der Waals surface area contributed by atoms with Crippen LogP contribution in [0.5, 0.6) is 0 Å². The molecule has 0 radical (unpaired) electrons. The van der Waals surface area contributed by atoms with E-state index in [1.807, 2.05) is 12.1 Å². The van der Waals surface area contributed by atoms with Gasteiger partial charge in [-0.1, -0.05) is 12.1 Å². The first-order valence-corrected chi connectivity index (χ1v) is 6.65. The van der Waals surface area contributed by atoms with Gasteiger partial charge in [-0.05, 0) is 32.5 Å². The van der Waals surface area contributed by atoms with E-state index >= 15 is 0 Å². The van der Waals surface area contributed by atoms with E-state index in [9.17, 15) is 0 Å². The zero-order valence-corrected chi connectivity index (χ0v) is 11.3. The normalized spacial score (nSPS) is 23.7. The number of likely N-dealkylation sites (N-methyl/N-ethyl adjacent to an activating group) is 1. The molecule has 2 unspecified atom stereocenters. The number of likely N-dealkylation sites (tertiary alicyclic amines) is 1. The summed E-state index contributed by atoms with van der Waals surface area (Å²) in [6.45, 7) is 3.35. The Morgan fingerprint density at radius 3 is 2.84 bits per heavy atom. The van der Waals surface area contributed by atoms with E-state index in [1.165, 1.54) is 6.42 Å². The van der Waals surface area contributed by atoms with Gasteiger partial charge in [-0.15, -0.1) is 0 Å². The predicted octanol–water partition coefficient (Wildman–Crippen LogP) is 1.77. The van der Waals surface area contributed by atoms with E-state index in [1.54, 1.807) is 17.3 Å². The monoisotopic (exact) mass is 257 g/mol. The van der Waals surface area contributed by atoms with E-state index in [0.29, 0.717) is 12.1 Å². The molecule has 5 nitrogen and oxygen atoms in total. The molecule has 1 aromatic carbocycles. The van der Waals surface area contributed by atoms with Crippen molar-refractivity contribution in [1.29, 1.82) is 0 Å². The lowest BCUT2D eigenvalue weighted by Crippen LogP contribution is -2.25. The topological polar surface area (TPSA) is 46.0 Å². The van der Waals surface area contributed by atoms with Crippen LogP contribution in [0.15, 0.2) is 36.9 Å². The number of hydrogen-bond acceptors (Lipinski definition) is 4. The van der Waals surface area contributed by atoms with Gasteiger partial charge in [0, 0.05) is 18.6 Å². The van der Waals surface area contributed by atoms with Crippen molar-refractivity contribution >= 4 is 5.69 Å². The lowest BCUT2D eigenvalue weighted by atomic mass is 10.1. The highest BCUT2D eigenvalue weighted by molar-refractivity contribution is 5.61. The number of aromatic nitrogens is 3. The van der Waals surface area contributed by atoms with Crippen LogP contribution < -0.4 is 5.32 Å². The molecule has 1 saturated heterocycles. The number of rotatable bonds is 3. The van der Waals surface area contributed by atoms with Crippen molar-refractivity contribution in [2.75, 3.05) is 18.9 Å². The summed E-state index contributed by atoms with van der Waals surface area (Å²) in [6.07, 6.45) is 4.45. The summed E-state index contributed by atoms with van der Waals surface area (Å²) >= 11 is 0. The minimum Gasteiger partial charge on any atom is -0.379 e. The van der Waals surface area contributed by atoms with Crippen LogP contribution >= 0.6 is 0 Å². The van der Waals surface area contributed by atoms with Crippen molar-refractivity contribution in [2.24, 2.45) is 0 Å². The van der Waals surface area contributed by atoms with Gasteiger partial charge in [-0.25, -0.2) is 9.67 Å². The van der Waals surface area contributed by atoms with Gasteiger partial charge >= 0.3 is 0 Å². The maximum Gasteiger partial charge on any atom is 0.138 e. The average Bonchev–Trinajstić information content (AvgIpc) is 3.02. The summed E-state index contributed by atoms with van der Waals surface area (Å²) in [4.78, 5) is 6.40. The van der Waals surface area contributed by atoms with Crippen LogP contribution in [-0.4, -0.2) is 45.3 Å². The number of anilines is 1. The molecule has 2 heterocycles. The van der Waals surface area contributed by atoms with Crippen LogP contribution in [0, 0.1) is 0 Å². The lowest BCUT2D eigenvalue weighted by Gasteiger charge is -2.17. The Morgan fingerprint density at radius 2 is 2.16 bits per heavy atom. The summed E-state index contributed by atoms with van der Waals surface area (Å²) in [5.74, 6) is 0. The average molecular weight is 257 g/mol. The molecule has 0 amide bonds. The Bertz CT molecular complexity index is 527. The van der Waals surface area contributed by atoms with Gasteiger partial charge < -0.3 is 10.2 Å². The van der Waals surface area contributed by atoms with Crippen LogP contribution in [0.1, 0.15) is 13.3 Å². The van der Waals surface area contributed by atoms with E-state index in [0.717, 1.165) is 17.9 Å². The van der Waals surface area contributed by atoms with Crippen molar-refractivity contribution in [2.45, 2.75) is 25.4 Å². The molecule has 2 aromatic rings. The van der Waals surface area contributed by atoms with Crippen LogP contribution in [-0.2, 0) is 0 Å². The van der Waals surface area contributed by atoms with Crippen molar-refractivity contribution in [3.63, 3.8) is 0 Å². The van der Waals surface area contributed by atoms with Crippen molar-refractivity contribution in [1.82, 2.24) is 19.7 Å². The third-order valence-electron chi connectivity index (χ3n) is 3.82. The van der Waals surface area contributed by atoms with Gasteiger partial charge in [0.05, 0.1) is 11.4 Å². The van der Waals surface area contributed by atoms with E-state index in [-0.39, 0.29) is 0 Å². The molecule has 1 fully saturated rings. The summed E-state index contributed by atoms with van der Waals surface area (Å²) in [7, 11) is 2.18. The largest absolute Gasteiger partial charge is 0.379 e. The molecule has 0 spiro atoms. The van der Waals surface area contributed by atoms with Crippen LogP contribution in [0.2, 0.25) is 0 Å². The van der Waals surface area contributed by atoms with E-state index in [2.05, 4.69) is 46.4 Å². The number of benzene rings is 1. The summed E-state index contributed by atoms with van der Waals surface area (Å²) in [5.41, 5.74) is 2.16. The molecule has 3 rings (SSSR count). The Labute approximate surface area is 113 Å². The first-order chi connectivity index (χ1) is 9.24. The second-order valence-electron chi connectivity index (χ2n) is 5.22. The molecule has 1 N–H and O–H groups in total. The SMILES string of the molecule is CC1CC(Nc2ccccc2-n2cncn2)CN1C. The van der Waals surface area contributed by atoms with E-state index < -0.39 is 0 Å². The first-order valence-electron chi connectivity index (χ1n) is 6.65. The molecule has 19 heavy (non-hydrogen) atoms. The quantitative estimate of drug-likeness (QED) is 0.910. The Balaban J connectivity index is 1.82. The summed E-state index contributed by atoms with van der Waals surface area (Å²) in [5, 5.41) is 7.84. The molecular formula is C14H19N5. The van der Waals surface area contributed by atoms with E-state index in [4.69, 9.17) is 0 Å². The first kappa shape index (κ1) is 12.2. The molecule has 1 aliphatic heterocycles. The maximum absolute atomic E-state index is 4.21. The fraction of sp³-hybridized carbons (Fsp3) is 0.429. The molecule has 2 atom stereocenters. The zero-order valence-electron chi connectivity index (χ0n) is 11.3. The molecule has 0 bridgehead atoms. The smallest absolute Gasteiger partial charge is 0.138 e. The minimum atomic E-state index is 0.490. The van der Waals surface area contributed by atoms with Crippen molar-refractivity contribution in [3.05, 3.63) is 36.9 Å². The van der Waals surface area contributed by atoms with Crippen LogP contribution in [0.3, 0.4) is 0 Å². The van der Waals surface area contributed by atoms with Gasteiger partial charge in [0.15, 0.2) is 0 Å². The lowest BCUT2D eigenvalue weighted by molar-refractivity contribution is 0.330. The number of nitrogens with one attached hydrogen (secondary N) is 1. The van der Waals surface area contributed by atoms with Crippen molar-refractivity contribution < 1.29 is 0 Å². The van der Waals surface area contributed by atoms with Gasteiger partial charge in [0.1, 0.15) is 12.7 Å². The second kappa shape index (κ2) is 5.01. The Hall–Kier alpha value is -1.88. The van der Waals surface area contributed by atoms with Crippen LogP contribution in [0.25, 0.3) is 5.69 Å². The van der Waals surface area contributed by atoms with Gasteiger partial charge in [0.25, 0.3) is 0 Å². The fourth-order valence-corrected chi connectivity index (χ4v) is 2.65. The standard InChI is InChI=1S/C14H19N5/c1-11-7-12(8-18(11)2)17-13-5-3-4-6-14(13)19-10-15-9-16-19/h3-6,9-12,17H,7-8H2,1-2H3. The number of nitrogens with zero attached hydrogens (tertiary/aromatic N) is 4. The molecule has 1 aromatic heterocycles. The molecule has 1 aliphatic rings. The summed E-state index contributed by atoms with van der Waals surface area (Å²) < 4.78 is 1.80. The third kappa shape index (κ3) is 2.46. The highest BCUT2D eigenvalue weighted by Crippen LogP contribution is 2.24. The fourth-order valence-electron chi connectivity index (χ4n) is 2.65. The van der Waals surface area contributed by atoms with Gasteiger partial charge in [-0.2, -0.15) is 5.10 Å². The molecule has 0 aliphatic carbocycles. The second-order valence-corrected chi connectivity index (χ2v) is 5.22. The Kier molecular flexibility index (Phi) is 3.21. The molecule has 0 saturated carbocycles. The highest BCUT2D eigenvalue weighted by Gasteiger charge is 2.26. The predicted molar refractivity (Wildman–Crippen MR) is 75.5 cm³/mol. The maximum atomic E-state index is 4.21. The van der Waals surface area contributed by atoms with Crippen molar-refractivity contribution in [3.8, 4) is 5.69 Å². The van der Waals surface area contributed by atoms with Gasteiger partial charge in [0.2, 0.25) is 0 Å². The van der Waals surface area contributed by atoms with Gasteiger partial charge in [-0.3, -0.25) is 0 Å².